The lowest BCUT2D eigenvalue weighted by Crippen LogP contribution is -2.45. The molecule has 0 saturated carbocycles. The molecule has 5 heteroatoms. The molecule has 110 valence electrons. The minimum atomic E-state index is -0.0851. The van der Waals surface area contributed by atoms with Gasteiger partial charge in [0.25, 0.3) is 0 Å². The maximum atomic E-state index is 12.6. The van der Waals surface area contributed by atoms with Crippen molar-refractivity contribution < 1.29 is 4.79 Å². The number of aromatic nitrogens is 1. The smallest absolute Gasteiger partial charge is 0.239 e. The lowest BCUT2D eigenvalue weighted by molar-refractivity contribution is -0.135. The van der Waals surface area contributed by atoms with E-state index in [2.05, 4.69) is 9.88 Å². The summed E-state index contributed by atoms with van der Waals surface area (Å²) in [4.78, 5) is 20.7. The van der Waals surface area contributed by atoms with Gasteiger partial charge in [-0.1, -0.05) is 0 Å². The number of likely N-dealkylation sites (tertiary alicyclic amines) is 1. The summed E-state index contributed by atoms with van der Waals surface area (Å²) in [5.74, 6) is 0.206. The summed E-state index contributed by atoms with van der Waals surface area (Å²) in [6.45, 7) is 7.08. The first-order valence-electron chi connectivity index (χ1n) is 7.33. The molecular formula is C15H24N4O. The Bertz CT molecular complexity index is 433. The minimum absolute atomic E-state index is 0.0846. The van der Waals surface area contributed by atoms with E-state index in [1.807, 2.05) is 30.9 Å². The lowest BCUT2D eigenvalue weighted by Gasteiger charge is -2.28. The van der Waals surface area contributed by atoms with Crippen molar-refractivity contribution in [3.8, 4) is 0 Å². The molecule has 0 aromatic carbocycles. The average Bonchev–Trinajstić information content (AvgIpc) is 2.82. The van der Waals surface area contributed by atoms with Gasteiger partial charge >= 0.3 is 0 Å². The number of hydrogen-bond acceptors (Lipinski definition) is 4. The molecule has 20 heavy (non-hydrogen) atoms. The third-order valence-corrected chi connectivity index (χ3v) is 3.93. The number of nitrogens with two attached hydrogens (primary N) is 1. The standard InChI is InChI=1S/C15H24N4O/c1-3-18(4-2)15(20)14-9-13(16)11-19(14)10-12-5-7-17-8-6-12/h5-8,13-14H,3-4,9-11,16H2,1-2H3/t13-,14+/m1/s1. The van der Waals surface area contributed by atoms with E-state index >= 15 is 0 Å². The van der Waals surface area contributed by atoms with Gasteiger partial charge < -0.3 is 10.6 Å². The summed E-state index contributed by atoms with van der Waals surface area (Å²) in [6, 6.07) is 3.98. The van der Waals surface area contributed by atoms with Crippen LogP contribution in [0.2, 0.25) is 0 Å². The predicted molar refractivity (Wildman–Crippen MR) is 79.0 cm³/mol. The Hall–Kier alpha value is -1.46. The van der Waals surface area contributed by atoms with Gasteiger partial charge in [0.05, 0.1) is 6.04 Å². The summed E-state index contributed by atoms with van der Waals surface area (Å²) in [5.41, 5.74) is 7.24. The van der Waals surface area contributed by atoms with E-state index in [9.17, 15) is 4.79 Å². The monoisotopic (exact) mass is 276 g/mol. The topological polar surface area (TPSA) is 62.5 Å². The molecule has 1 aromatic rings. The average molecular weight is 276 g/mol. The SMILES string of the molecule is CCN(CC)C(=O)[C@@H]1C[C@@H](N)CN1Cc1ccncc1. The van der Waals surface area contributed by atoms with Gasteiger partial charge in [-0.05, 0) is 38.0 Å². The molecule has 1 fully saturated rings. The maximum Gasteiger partial charge on any atom is 0.239 e. The zero-order valence-corrected chi connectivity index (χ0v) is 12.3. The van der Waals surface area contributed by atoms with Crippen LogP contribution < -0.4 is 5.73 Å². The van der Waals surface area contributed by atoms with Gasteiger partial charge in [-0.25, -0.2) is 0 Å². The fourth-order valence-electron chi connectivity index (χ4n) is 2.84. The maximum absolute atomic E-state index is 12.6. The number of hydrogen-bond donors (Lipinski definition) is 1. The molecule has 2 heterocycles. The van der Waals surface area contributed by atoms with Crippen LogP contribution in [-0.2, 0) is 11.3 Å². The molecule has 2 atom stereocenters. The van der Waals surface area contributed by atoms with Crippen molar-refractivity contribution in [1.82, 2.24) is 14.8 Å². The first kappa shape index (κ1) is 14.9. The largest absolute Gasteiger partial charge is 0.342 e. The molecule has 1 saturated heterocycles. The number of carbonyl (C=O) groups excluding carboxylic acids is 1. The van der Waals surface area contributed by atoms with E-state index in [0.717, 1.165) is 32.6 Å². The molecule has 0 radical (unpaired) electrons. The van der Waals surface area contributed by atoms with Gasteiger partial charge in [0.1, 0.15) is 0 Å². The Kier molecular flexibility index (Phi) is 5.09. The molecule has 1 aliphatic rings. The van der Waals surface area contributed by atoms with E-state index in [1.54, 1.807) is 12.4 Å². The van der Waals surface area contributed by atoms with Gasteiger partial charge in [0.15, 0.2) is 0 Å². The van der Waals surface area contributed by atoms with Crippen molar-refractivity contribution in [3.63, 3.8) is 0 Å². The molecule has 5 nitrogen and oxygen atoms in total. The summed E-state index contributed by atoms with van der Waals surface area (Å²) in [5, 5.41) is 0. The second-order valence-corrected chi connectivity index (χ2v) is 5.31. The molecule has 0 bridgehead atoms. The van der Waals surface area contributed by atoms with Gasteiger partial charge in [0, 0.05) is 44.6 Å². The van der Waals surface area contributed by atoms with Gasteiger partial charge in [-0.2, -0.15) is 0 Å². The summed E-state index contributed by atoms with van der Waals surface area (Å²) >= 11 is 0. The highest BCUT2D eigenvalue weighted by molar-refractivity contribution is 5.82. The second kappa shape index (κ2) is 6.81. The van der Waals surface area contributed by atoms with Crippen LogP contribution in [0.3, 0.4) is 0 Å². The van der Waals surface area contributed by atoms with E-state index < -0.39 is 0 Å². The van der Waals surface area contributed by atoms with E-state index in [-0.39, 0.29) is 18.0 Å². The zero-order chi connectivity index (χ0) is 14.5. The number of carbonyl (C=O) groups is 1. The predicted octanol–water partition coefficient (Wildman–Crippen LogP) is 0.852. The number of rotatable bonds is 5. The normalized spacial score (nSPS) is 22.9. The lowest BCUT2D eigenvalue weighted by atomic mass is 10.1. The third kappa shape index (κ3) is 3.35. The van der Waals surface area contributed by atoms with Crippen LogP contribution in [0.15, 0.2) is 24.5 Å². The van der Waals surface area contributed by atoms with E-state index in [0.29, 0.717) is 0 Å². The van der Waals surface area contributed by atoms with Crippen LogP contribution in [0.1, 0.15) is 25.8 Å². The summed E-state index contributed by atoms with van der Waals surface area (Å²) in [7, 11) is 0. The molecule has 0 unspecified atom stereocenters. The van der Waals surface area contributed by atoms with E-state index in [4.69, 9.17) is 5.73 Å². The van der Waals surface area contributed by atoms with Gasteiger partial charge in [-0.15, -0.1) is 0 Å². The zero-order valence-electron chi connectivity index (χ0n) is 12.3. The van der Waals surface area contributed by atoms with Crippen molar-refractivity contribution >= 4 is 5.91 Å². The van der Waals surface area contributed by atoms with Crippen molar-refractivity contribution in [2.45, 2.75) is 38.9 Å². The van der Waals surface area contributed by atoms with Crippen LogP contribution in [-0.4, -0.2) is 52.4 Å². The van der Waals surface area contributed by atoms with E-state index in [1.165, 1.54) is 5.56 Å². The first-order valence-corrected chi connectivity index (χ1v) is 7.33. The molecule has 0 aliphatic carbocycles. The first-order chi connectivity index (χ1) is 9.65. The molecule has 1 aliphatic heterocycles. The molecule has 1 aromatic heterocycles. The fraction of sp³-hybridized carbons (Fsp3) is 0.600. The third-order valence-electron chi connectivity index (χ3n) is 3.93. The van der Waals surface area contributed by atoms with Crippen LogP contribution >= 0.6 is 0 Å². The van der Waals surface area contributed by atoms with Crippen molar-refractivity contribution in [1.29, 1.82) is 0 Å². The highest BCUT2D eigenvalue weighted by atomic mass is 16.2. The fourth-order valence-corrected chi connectivity index (χ4v) is 2.84. The van der Waals surface area contributed by atoms with Gasteiger partial charge in [0.2, 0.25) is 5.91 Å². The Labute approximate surface area is 120 Å². The van der Waals surface area contributed by atoms with Gasteiger partial charge in [-0.3, -0.25) is 14.7 Å². The Morgan fingerprint density at radius 1 is 1.40 bits per heavy atom. The molecular weight excluding hydrogens is 252 g/mol. The number of pyridine rings is 1. The van der Waals surface area contributed by atoms with Crippen LogP contribution in [0.4, 0.5) is 0 Å². The molecule has 1 amide bonds. The van der Waals surface area contributed by atoms with Crippen LogP contribution in [0.25, 0.3) is 0 Å². The molecule has 2 N–H and O–H groups in total. The second-order valence-electron chi connectivity index (χ2n) is 5.31. The Balaban J connectivity index is 2.08. The Morgan fingerprint density at radius 3 is 2.65 bits per heavy atom. The van der Waals surface area contributed by atoms with Crippen molar-refractivity contribution in [3.05, 3.63) is 30.1 Å². The van der Waals surface area contributed by atoms with Crippen molar-refractivity contribution in [2.75, 3.05) is 19.6 Å². The highest BCUT2D eigenvalue weighted by Crippen LogP contribution is 2.21. The molecule has 0 spiro atoms. The summed E-state index contributed by atoms with van der Waals surface area (Å²) in [6.07, 6.45) is 4.32. The Morgan fingerprint density at radius 2 is 2.05 bits per heavy atom. The number of likely N-dealkylation sites (N-methyl/N-ethyl adjacent to an activating group) is 1. The number of amides is 1. The highest BCUT2D eigenvalue weighted by Gasteiger charge is 2.36. The quantitative estimate of drug-likeness (QED) is 0.866. The summed E-state index contributed by atoms with van der Waals surface area (Å²) < 4.78 is 0. The van der Waals surface area contributed by atoms with Crippen LogP contribution in [0.5, 0.6) is 0 Å². The molecule has 2 rings (SSSR count). The number of nitrogens with zero attached hydrogens (tertiary/aromatic N) is 3. The van der Waals surface area contributed by atoms with Crippen molar-refractivity contribution in [2.24, 2.45) is 5.73 Å². The minimum Gasteiger partial charge on any atom is -0.342 e. The van der Waals surface area contributed by atoms with Crippen LogP contribution in [0, 0.1) is 0 Å².